The van der Waals surface area contributed by atoms with E-state index >= 15 is 0 Å². The predicted molar refractivity (Wildman–Crippen MR) is 326 cm³/mol. The van der Waals surface area contributed by atoms with Gasteiger partial charge in [-0.2, -0.15) is 13.2 Å². The lowest BCUT2D eigenvalue weighted by Crippen LogP contribution is -2.43. The molecule has 0 bridgehead atoms. The van der Waals surface area contributed by atoms with Gasteiger partial charge in [0.25, 0.3) is 0 Å². The number of carboxylic acids is 4. The minimum Gasteiger partial charge on any atom is -0.507 e. The van der Waals surface area contributed by atoms with Gasteiger partial charge in [0.05, 0.1) is 67.1 Å². The van der Waals surface area contributed by atoms with Gasteiger partial charge in [-0.25, -0.2) is 33.6 Å². The highest BCUT2D eigenvalue weighted by molar-refractivity contribution is 5.95. The number of urea groups is 1. The minimum atomic E-state index is -5.08. The summed E-state index contributed by atoms with van der Waals surface area (Å²) in [6.07, 6.45) is -5.08. The quantitative estimate of drug-likeness (QED) is 0.0500. The molecule has 4 fully saturated rings. The number of aromatic carboxylic acids is 3. The summed E-state index contributed by atoms with van der Waals surface area (Å²) >= 11 is 0. The third-order valence-corrected chi connectivity index (χ3v) is 13.0. The Balaban J connectivity index is 0.000000382. The van der Waals surface area contributed by atoms with Crippen molar-refractivity contribution in [2.45, 2.75) is 25.8 Å². The molecule has 2 amide bonds. The molecule has 5 aromatic rings. The Morgan fingerprint density at radius 1 is 0.457 bits per heavy atom. The monoisotopic (exact) mass is 1340 g/mol. The molecule has 0 saturated carbocycles. The topological polar surface area (TPSA) is 408 Å². The first-order valence-corrected chi connectivity index (χ1v) is 27.3. The third kappa shape index (κ3) is 27.3. The average Bonchev–Trinajstić information content (AvgIpc) is 0.995. The van der Waals surface area contributed by atoms with E-state index in [9.17, 15) is 67.5 Å². The molecule has 506 valence electrons. The molecule has 12 N–H and O–H groups in total. The molecule has 28 nitrogen and oxygen atoms in total. The Bertz CT molecular complexity index is 3140. The second kappa shape index (κ2) is 40.0. The van der Waals surface area contributed by atoms with E-state index in [-0.39, 0.29) is 87.4 Å². The number of morpholine rings is 4. The van der Waals surface area contributed by atoms with Crippen LogP contribution in [0.2, 0.25) is 0 Å². The summed E-state index contributed by atoms with van der Waals surface area (Å²) in [5, 5.41) is 83.7. The van der Waals surface area contributed by atoms with Crippen LogP contribution in [0, 0.1) is 0 Å². The minimum absolute atomic E-state index is 0. The maximum Gasteiger partial charge on any atom is 0.490 e. The van der Waals surface area contributed by atoms with Crippen molar-refractivity contribution in [1.29, 1.82) is 0 Å². The van der Waals surface area contributed by atoms with E-state index in [4.69, 9.17) is 49.9 Å². The van der Waals surface area contributed by atoms with Gasteiger partial charge < -0.3 is 90.3 Å². The number of alkyl halides is 3. The highest BCUT2D eigenvalue weighted by Gasteiger charge is 2.38. The van der Waals surface area contributed by atoms with E-state index in [2.05, 4.69) is 29.5 Å². The predicted octanol–water partition coefficient (Wildman–Crippen LogP) is 6.05. The molecule has 0 spiro atoms. The Morgan fingerprint density at radius 3 is 1.02 bits per heavy atom. The lowest BCUT2D eigenvalue weighted by molar-refractivity contribution is -0.192. The van der Waals surface area contributed by atoms with Crippen LogP contribution in [-0.2, 0) is 52.8 Å². The van der Waals surface area contributed by atoms with Crippen molar-refractivity contribution in [1.82, 2.24) is 19.6 Å². The first-order valence-electron chi connectivity index (χ1n) is 27.3. The number of carbonyl (C=O) groups excluding carboxylic acids is 3. The lowest BCUT2D eigenvalue weighted by atomic mass is 10.1. The number of carboxylic acid groups (broad SMARTS) is 4. The third-order valence-electron chi connectivity index (χ3n) is 13.0. The highest BCUT2D eigenvalue weighted by Crippen LogP contribution is 2.26. The number of hydrogen-bond acceptors (Lipinski definition) is 22. The molecule has 5 aromatic carbocycles. The smallest absolute Gasteiger partial charge is 0.490 e. The lowest BCUT2D eigenvalue weighted by Gasteiger charge is -2.26. The van der Waals surface area contributed by atoms with Crippen molar-refractivity contribution in [3.05, 3.63) is 136 Å². The number of aromatic hydroxyl groups is 5. The molecular formula is C59H73Cl2F3N6O22. The number of anilines is 2. The molecule has 0 unspecified atom stereocenters. The molecular weight excluding hydrogens is 1270 g/mol. The molecule has 92 heavy (non-hydrogen) atoms. The fourth-order valence-corrected chi connectivity index (χ4v) is 8.31. The maximum absolute atomic E-state index is 11.9. The first kappa shape index (κ1) is 79.2. The van der Waals surface area contributed by atoms with Gasteiger partial charge in [-0.05, 0) is 77.4 Å². The zero-order valence-corrected chi connectivity index (χ0v) is 51.4. The Kier molecular flexibility index (Phi) is 34.5. The molecule has 4 aliphatic heterocycles. The van der Waals surface area contributed by atoms with Gasteiger partial charge in [-0.15, -0.1) is 24.8 Å². The Labute approximate surface area is 537 Å². The number of methoxy groups -OCH3 is 2. The number of hydrogen-bond donors (Lipinski definition) is 11. The largest absolute Gasteiger partial charge is 0.507 e. The van der Waals surface area contributed by atoms with E-state index in [0.29, 0.717) is 50.8 Å². The number of esters is 2. The summed E-state index contributed by atoms with van der Waals surface area (Å²) in [6.45, 7) is 13.8. The molecule has 0 radical (unpaired) electrons. The Hall–Kier alpha value is -8.92. The molecule has 0 aromatic heterocycles. The SMILES string of the molecule is COC(=O)c1ccc(CN2CCOCC2)cc1O.COC(=O)c1ccc(N)cc1O.Cl.Cl.O=C(O)C(F)(F)F.O=C(O)c1ccc(CN2CCOCC2)cc1O.O=C(O)c1ccc(CN2CCOCC2)cc1O.O=C(O)c1ccc(NC(=O)N2CCOCC2)cc1O. The van der Waals surface area contributed by atoms with Crippen LogP contribution < -0.4 is 11.1 Å². The van der Waals surface area contributed by atoms with Gasteiger partial charge in [-0.1, -0.05) is 18.2 Å². The van der Waals surface area contributed by atoms with Gasteiger partial charge in [0.1, 0.15) is 56.6 Å². The van der Waals surface area contributed by atoms with Crippen molar-refractivity contribution < 1.29 is 121 Å². The summed E-state index contributed by atoms with van der Waals surface area (Å²) in [5.74, 6) is -8.23. The number of amides is 2. The number of carbonyl (C=O) groups is 7. The van der Waals surface area contributed by atoms with E-state index in [1.807, 2.05) is 6.07 Å². The number of nitrogens with zero attached hydrogens (tertiary/aromatic N) is 4. The summed E-state index contributed by atoms with van der Waals surface area (Å²) in [4.78, 5) is 83.5. The normalized spacial score (nSPS) is 14.7. The summed E-state index contributed by atoms with van der Waals surface area (Å²) in [7, 11) is 2.54. The van der Waals surface area contributed by atoms with Crippen LogP contribution in [0.5, 0.6) is 28.7 Å². The van der Waals surface area contributed by atoms with Crippen molar-refractivity contribution in [2.75, 3.05) is 130 Å². The van der Waals surface area contributed by atoms with Gasteiger partial charge in [0, 0.05) is 95.5 Å². The van der Waals surface area contributed by atoms with E-state index < -0.39 is 42.0 Å². The number of benzene rings is 5. The van der Waals surface area contributed by atoms with E-state index in [1.165, 1.54) is 74.9 Å². The van der Waals surface area contributed by atoms with Crippen LogP contribution in [0.3, 0.4) is 0 Å². The summed E-state index contributed by atoms with van der Waals surface area (Å²) < 4.78 is 61.6. The van der Waals surface area contributed by atoms with E-state index in [0.717, 1.165) is 102 Å². The fraction of sp³-hybridized carbons (Fsp3) is 0.373. The second-order valence-electron chi connectivity index (χ2n) is 19.5. The first-order chi connectivity index (χ1) is 42.7. The van der Waals surface area contributed by atoms with Crippen LogP contribution in [0.15, 0.2) is 91.0 Å². The zero-order chi connectivity index (χ0) is 66.5. The Morgan fingerprint density at radius 2 is 0.739 bits per heavy atom. The van der Waals surface area contributed by atoms with Crippen LogP contribution in [-0.4, -0.2) is 233 Å². The number of nitrogens with two attached hydrogens (primary N) is 1. The molecule has 4 saturated heterocycles. The van der Waals surface area contributed by atoms with Crippen molar-refractivity contribution in [2.24, 2.45) is 0 Å². The van der Waals surface area contributed by atoms with Gasteiger partial charge >= 0.3 is 48.0 Å². The van der Waals surface area contributed by atoms with Crippen LogP contribution in [0.4, 0.5) is 29.3 Å². The van der Waals surface area contributed by atoms with Gasteiger partial charge in [0.15, 0.2) is 0 Å². The fourth-order valence-electron chi connectivity index (χ4n) is 8.31. The molecule has 33 heteroatoms. The molecule has 0 aliphatic carbocycles. The average molecular weight is 1350 g/mol. The highest BCUT2D eigenvalue weighted by atomic mass is 35.5. The zero-order valence-electron chi connectivity index (χ0n) is 49.7. The number of rotatable bonds is 12. The molecule has 0 atom stereocenters. The summed E-state index contributed by atoms with van der Waals surface area (Å²) in [6, 6.07) is 22.2. The number of nitrogen functional groups attached to an aromatic ring is 1. The van der Waals surface area contributed by atoms with Crippen molar-refractivity contribution in [3.63, 3.8) is 0 Å². The van der Waals surface area contributed by atoms with Gasteiger partial charge in [0.2, 0.25) is 0 Å². The maximum atomic E-state index is 11.9. The standard InChI is InChI=1S/C13H17NO4.C12H14N2O5.2C12H15NO4.C8H9NO3.C2HF3O2.2ClH/c1-17-13(16)11-3-2-10(8-12(11)15)9-14-4-6-18-7-5-14;15-10-7-8(1-2-9(10)11(16)17)13-12(18)14-3-5-19-6-4-14;2*14-11-7-9(1-2-10(11)12(15)16)8-13-3-5-17-6-4-13;1-12-8(11)6-3-2-5(9)4-7(6)10;3-2(4,5)1(6)7;;/h2-3,8,15H,4-7,9H2,1H3;1-2,7,15H,3-6H2,(H,13,18)(H,16,17);2*1-2,7,14H,3-6,8H2,(H,15,16);2-4,10H,9H2,1H3;(H,6,7);2*1H. The number of nitrogens with one attached hydrogen (secondary N) is 1. The van der Waals surface area contributed by atoms with Gasteiger partial charge in [-0.3, -0.25) is 14.7 Å². The molecule has 4 aliphatic rings. The van der Waals surface area contributed by atoms with Crippen LogP contribution in [0.1, 0.15) is 68.5 Å². The molecule has 4 heterocycles. The molecule has 9 rings (SSSR count). The number of halogens is 5. The van der Waals surface area contributed by atoms with Crippen LogP contribution >= 0.6 is 24.8 Å². The summed E-state index contributed by atoms with van der Waals surface area (Å²) in [5.41, 5.74) is 8.89. The number of ether oxygens (including phenoxy) is 6. The van der Waals surface area contributed by atoms with Crippen molar-refractivity contribution >= 4 is 78.0 Å². The second-order valence-corrected chi connectivity index (χ2v) is 19.5. The number of phenols is 5. The van der Waals surface area contributed by atoms with Crippen LogP contribution in [0.25, 0.3) is 0 Å². The van der Waals surface area contributed by atoms with E-state index in [1.54, 1.807) is 29.2 Å². The van der Waals surface area contributed by atoms with Crippen molar-refractivity contribution in [3.8, 4) is 28.7 Å². The number of phenolic OH excluding ortho intramolecular Hbond substituents is 2. The number of aliphatic carboxylic acids is 1.